The Balaban J connectivity index is 1.37. The number of benzene rings is 3. The minimum absolute atomic E-state index is 0.453. The van der Waals surface area contributed by atoms with Gasteiger partial charge in [-0.05, 0) is 77.3 Å². The van der Waals surface area contributed by atoms with Gasteiger partial charge in [0.15, 0.2) is 0 Å². The normalized spacial score (nSPS) is 11.2. The van der Waals surface area contributed by atoms with Gasteiger partial charge < -0.3 is 14.6 Å². The predicted octanol–water partition coefficient (Wildman–Crippen LogP) is 5.65. The van der Waals surface area contributed by atoms with Gasteiger partial charge in [-0.3, -0.25) is 9.97 Å². The number of nitrogens with zero attached hydrogens (tertiary/aromatic N) is 4. The zero-order valence-electron chi connectivity index (χ0n) is 21.4. The molecule has 0 spiro atoms. The molecule has 0 aliphatic heterocycles. The fourth-order valence-electron chi connectivity index (χ4n) is 5.22. The highest BCUT2D eigenvalue weighted by Crippen LogP contribution is 2.33. The smallest absolute Gasteiger partial charge is 0.423 e. The maximum Gasteiger partial charge on any atom is 0.488 e. The van der Waals surface area contributed by atoms with Gasteiger partial charge in [0.1, 0.15) is 0 Å². The van der Waals surface area contributed by atoms with Crippen molar-refractivity contribution in [3.8, 4) is 39.6 Å². The van der Waals surface area contributed by atoms with Crippen LogP contribution in [-0.2, 0) is 0 Å². The van der Waals surface area contributed by atoms with Gasteiger partial charge in [-0.1, -0.05) is 54.6 Å². The van der Waals surface area contributed by atoms with E-state index in [1.807, 2.05) is 60.7 Å². The first-order chi connectivity index (χ1) is 19.7. The van der Waals surface area contributed by atoms with Gasteiger partial charge >= 0.3 is 7.12 Å². The van der Waals surface area contributed by atoms with Crippen molar-refractivity contribution in [2.45, 2.75) is 0 Å². The molecule has 7 heteroatoms. The molecule has 2 N–H and O–H groups in total. The first kappa shape index (κ1) is 24.0. The highest BCUT2D eigenvalue weighted by atomic mass is 16.4. The lowest BCUT2D eigenvalue weighted by Gasteiger charge is -2.12. The molecule has 0 amide bonds. The molecule has 3 aromatic carbocycles. The number of hydrogen-bond acceptors (Lipinski definition) is 5. The average molecular weight is 518 g/mol. The lowest BCUT2D eigenvalue weighted by molar-refractivity contribution is 0.426. The number of fused-ring (bicyclic) bond motifs is 3. The van der Waals surface area contributed by atoms with Crippen LogP contribution in [0.3, 0.4) is 0 Å². The molecule has 0 bridgehead atoms. The lowest BCUT2D eigenvalue weighted by Crippen LogP contribution is -2.29. The second kappa shape index (κ2) is 9.89. The maximum atomic E-state index is 9.82. The van der Waals surface area contributed by atoms with Crippen LogP contribution in [0.15, 0.2) is 128 Å². The fourth-order valence-corrected chi connectivity index (χ4v) is 5.22. The highest BCUT2D eigenvalue weighted by Gasteiger charge is 2.17. The quantitative estimate of drug-likeness (QED) is 0.288. The SMILES string of the molecule is OB(O)c1ccc2c3ccccc3n(-c3ccc(-c4cc(-c5ccccn5)nc(-c5ccccn5)c4)cc3)c2c1. The summed E-state index contributed by atoms with van der Waals surface area (Å²) >= 11 is 0. The van der Waals surface area contributed by atoms with E-state index in [-0.39, 0.29) is 0 Å². The summed E-state index contributed by atoms with van der Waals surface area (Å²) in [5, 5.41) is 21.8. The summed E-state index contributed by atoms with van der Waals surface area (Å²) in [5.41, 5.74) is 8.59. The molecule has 7 aromatic rings. The summed E-state index contributed by atoms with van der Waals surface area (Å²) in [5.74, 6) is 0. The van der Waals surface area contributed by atoms with Crippen molar-refractivity contribution in [2.75, 3.05) is 0 Å². The molecule has 0 aliphatic carbocycles. The molecule has 0 atom stereocenters. The number of hydrogen-bond donors (Lipinski definition) is 2. The largest absolute Gasteiger partial charge is 0.488 e. The van der Waals surface area contributed by atoms with E-state index in [1.54, 1.807) is 18.5 Å². The Morgan fingerprint density at radius 3 is 1.77 bits per heavy atom. The molecule has 0 fully saturated rings. The van der Waals surface area contributed by atoms with Crippen LogP contribution in [0.5, 0.6) is 0 Å². The molecular weight excluding hydrogens is 495 g/mol. The zero-order chi connectivity index (χ0) is 27.1. The zero-order valence-corrected chi connectivity index (χ0v) is 21.4. The van der Waals surface area contributed by atoms with E-state index in [4.69, 9.17) is 4.98 Å². The van der Waals surface area contributed by atoms with E-state index in [0.29, 0.717) is 5.46 Å². The van der Waals surface area contributed by atoms with Crippen LogP contribution in [0.1, 0.15) is 0 Å². The first-order valence-electron chi connectivity index (χ1n) is 13.0. The van der Waals surface area contributed by atoms with Crippen molar-refractivity contribution in [3.05, 3.63) is 128 Å². The first-order valence-corrected chi connectivity index (χ1v) is 13.0. The molecule has 0 unspecified atom stereocenters. The maximum absolute atomic E-state index is 9.82. The number of aromatic nitrogens is 4. The Morgan fingerprint density at radius 2 is 1.15 bits per heavy atom. The molecule has 190 valence electrons. The third-order valence-corrected chi connectivity index (χ3v) is 7.13. The minimum Gasteiger partial charge on any atom is -0.423 e. The molecule has 0 saturated heterocycles. The molecule has 0 radical (unpaired) electrons. The Bertz CT molecular complexity index is 1910. The Kier molecular flexibility index (Phi) is 5.93. The van der Waals surface area contributed by atoms with Crippen molar-refractivity contribution in [2.24, 2.45) is 0 Å². The molecule has 7 rings (SSSR count). The van der Waals surface area contributed by atoms with Crippen LogP contribution in [0.25, 0.3) is 61.4 Å². The Hall–Kier alpha value is -5.11. The van der Waals surface area contributed by atoms with Crippen LogP contribution in [0.4, 0.5) is 0 Å². The topological polar surface area (TPSA) is 84.1 Å². The summed E-state index contributed by atoms with van der Waals surface area (Å²) in [7, 11) is -1.54. The molecule has 40 heavy (non-hydrogen) atoms. The van der Waals surface area contributed by atoms with Crippen molar-refractivity contribution in [1.29, 1.82) is 0 Å². The second-order valence-electron chi connectivity index (χ2n) is 9.61. The monoisotopic (exact) mass is 518 g/mol. The minimum atomic E-state index is -1.54. The van der Waals surface area contributed by atoms with E-state index in [0.717, 1.165) is 61.4 Å². The fraction of sp³-hybridized carbons (Fsp3) is 0. The van der Waals surface area contributed by atoms with Gasteiger partial charge in [-0.15, -0.1) is 0 Å². The predicted molar refractivity (Wildman–Crippen MR) is 160 cm³/mol. The third-order valence-electron chi connectivity index (χ3n) is 7.13. The van der Waals surface area contributed by atoms with E-state index >= 15 is 0 Å². The summed E-state index contributed by atoms with van der Waals surface area (Å²) in [6.45, 7) is 0. The standard InChI is InChI=1S/C33H23BN4O2/c39-34(40)24-13-16-27-26-7-1-2-10-32(26)38(33(27)21-24)25-14-11-22(12-15-25)23-19-30(28-8-3-5-17-35-28)37-31(20-23)29-9-4-6-18-36-29/h1-21,39-40H. The molecule has 4 aromatic heterocycles. The van der Waals surface area contributed by atoms with Crippen molar-refractivity contribution in [1.82, 2.24) is 19.5 Å². The molecular formula is C33H23BN4O2. The van der Waals surface area contributed by atoms with Crippen LogP contribution >= 0.6 is 0 Å². The average Bonchev–Trinajstić information content (AvgIpc) is 3.35. The van der Waals surface area contributed by atoms with Crippen LogP contribution in [0.2, 0.25) is 0 Å². The number of para-hydroxylation sites is 1. The van der Waals surface area contributed by atoms with E-state index in [9.17, 15) is 10.0 Å². The van der Waals surface area contributed by atoms with Gasteiger partial charge in [0.25, 0.3) is 0 Å². The van der Waals surface area contributed by atoms with Gasteiger partial charge in [-0.25, -0.2) is 4.98 Å². The molecule has 4 heterocycles. The van der Waals surface area contributed by atoms with E-state index in [1.165, 1.54) is 0 Å². The summed E-state index contributed by atoms with van der Waals surface area (Å²) < 4.78 is 2.16. The van der Waals surface area contributed by atoms with Crippen molar-refractivity contribution < 1.29 is 10.0 Å². The Labute approximate surface area is 231 Å². The molecule has 6 nitrogen and oxygen atoms in total. The summed E-state index contributed by atoms with van der Waals surface area (Å²) in [6, 6.07) is 37.9. The van der Waals surface area contributed by atoms with E-state index < -0.39 is 7.12 Å². The lowest BCUT2D eigenvalue weighted by atomic mass is 9.80. The van der Waals surface area contributed by atoms with E-state index in [2.05, 4.69) is 63.1 Å². The van der Waals surface area contributed by atoms with Crippen molar-refractivity contribution >= 4 is 34.4 Å². The Morgan fingerprint density at radius 1 is 0.525 bits per heavy atom. The van der Waals surface area contributed by atoms with Crippen LogP contribution in [-0.4, -0.2) is 36.7 Å². The molecule has 0 aliphatic rings. The van der Waals surface area contributed by atoms with Crippen LogP contribution < -0.4 is 5.46 Å². The van der Waals surface area contributed by atoms with Crippen LogP contribution in [0, 0.1) is 0 Å². The number of pyridine rings is 3. The van der Waals surface area contributed by atoms with Gasteiger partial charge in [0.2, 0.25) is 0 Å². The number of rotatable bonds is 5. The van der Waals surface area contributed by atoms with Gasteiger partial charge in [0, 0.05) is 28.9 Å². The molecule has 0 saturated carbocycles. The summed E-state index contributed by atoms with van der Waals surface area (Å²) in [6.07, 6.45) is 3.54. The van der Waals surface area contributed by atoms with Gasteiger partial charge in [-0.2, -0.15) is 0 Å². The summed E-state index contributed by atoms with van der Waals surface area (Å²) in [4.78, 5) is 13.9. The third kappa shape index (κ3) is 4.23. The van der Waals surface area contributed by atoms with Crippen molar-refractivity contribution in [3.63, 3.8) is 0 Å². The van der Waals surface area contributed by atoms with Gasteiger partial charge in [0.05, 0.1) is 33.8 Å². The second-order valence-corrected chi connectivity index (χ2v) is 9.61. The highest BCUT2D eigenvalue weighted by molar-refractivity contribution is 6.59.